The highest BCUT2D eigenvalue weighted by Gasteiger charge is 2.19. The quantitative estimate of drug-likeness (QED) is 0.152. The van der Waals surface area contributed by atoms with Gasteiger partial charge >= 0.3 is 0 Å². The number of hydrogen-bond donors (Lipinski definition) is 0. The Balaban J connectivity index is 0.000000458. The molecule has 8 rings (SSSR count). The first-order valence-electron chi connectivity index (χ1n) is 34.3. The highest BCUT2D eigenvalue weighted by Crippen LogP contribution is 2.11. The summed E-state index contributed by atoms with van der Waals surface area (Å²) >= 11 is 0. The topological polar surface area (TPSA) is 60.6 Å². The van der Waals surface area contributed by atoms with Gasteiger partial charge in [0.15, 0.2) is 0 Å². The zero-order valence-corrected chi connectivity index (χ0v) is 56.9. The summed E-state index contributed by atoms with van der Waals surface area (Å²) in [5.74, 6) is 0. The van der Waals surface area contributed by atoms with Crippen LogP contribution in [0.1, 0.15) is 149 Å². The molecule has 0 amide bonds. The van der Waals surface area contributed by atoms with Gasteiger partial charge in [0, 0.05) is 175 Å². The maximum absolute atomic E-state index is 5.21. The smallest absolute Gasteiger partial charge is 0.0594 e. The minimum Gasteiger partial charge on any atom is -0.379 e. The van der Waals surface area contributed by atoms with Gasteiger partial charge in [0.2, 0.25) is 0 Å². The van der Waals surface area contributed by atoms with Crippen molar-refractivity contribution in [3.8, 4) is 0 Å². The van der Waals surface area contributed by atoms with E-state index in [4.69, 9.17) is 9.47 Å². The molecule has 15 heteroatoms. The van der Waals surface area contributed by atoms with E-state index in [9.17, 15) is 0 Å². The van der Waals surface area contributed by atoms with Crippen molar-refractivity contribution in [3.63, 3.8) is 0 Å². The maximum Gasteiger partial charge on any atom is 0.0594 e. The number of piperidine rings is 1. The Morgan fingerprint density at radius 2 is 0.475 bits per heavy atom. The Morgan fingerprint density at radius 3 is 0.725 bits per heavy atom. The molecule has 8 fully saturated rings. The minimum absolute atomic E-state index is 0.689. The molecule has 8 aliphatic heterocycles. The van der Waals surface area contributed by atoms with Gasteiger partial charge in [0.25, 0.3) is 0 Å². The van der Waals surface area contributed by atoms with Gasteiger partial charge in [-0.25, -0.2) is 0 Å². The van der Waals surface area contributed by atoms with Crippen molar-refractivity contribution in [2.75, 3.05) is 263 Å². The van der Waals surface area contributed by atoms with Crippen molar-refractivity contribution in [1.82, 2.24) is 63.7 Å². The van der Waals surface area contributed by atoms with Crippen LogP contribution in [0.2, 0.25) is 0 Å². The molecule has 0 aliphatic carbocycles. The highest BCUT2D eigenvalue weighted by atomic mass is 16.5. The van der Waals surface area contributed by atoms with Crippen molar-refractivity contribution in [1.29, 1.82) is 0 Å². The van der Waals surface area contributed by atoms with Gasteiger partial charge in [0.05, 0.1) is 26.4 Å². The van der Waals surface area contributed by atoms with Crippen LogP contribution in [0.5, 0.6) is 0 Å². The molecule has 8 heterocycles. The Labute approximate surface area is 500 Å². The van der Waals surface area contributed by atoms with E-state index in [0.29, 0.717) is 6.04 Å². The molecule has 15 nitrogen and oxygen atoms in total. The van der Waals surface area contributed by atoms with Crippen molar-refractivity contribution in [2.24, 2.45) is 0 Å². The molecule has 0 atom stereocenters. The third-order valence-electron chi connectivity index (χ3n) is 17.5. The molecule has 0 saturated carbocycles. The fourth-order valence-corrected chi connectivity index (χ4v) is 11.4. The molecule has 0 radical (unpaired) electrons. The molecule has 480 valence electrons. The number of nitrogens with zero attached hydrogens (tertiary/aromatic N) is 13. The average molecular weight is 1140 g/mol. The van der Waals surface area contributed by atoms with Crippen molar-refractivity contribution in [2.45, 2.75) is 167 Å². The first kappa shape index (κ1) is 77.4. The summed E-state index contributed by atoms with van der Waals surface area (Å²) in [6.07, 6.45) is 9.44. The van der Waals surface area contributed by atoms with E-state index in [1.807, 2.05) is 0 Å². The number of hydrogen-bond acceptors (Lipinski definition) is 15. The number of ether oxygens (including phenoxy) is 2. The summed E-state index contributed by atoms with van der Waals surface area (Å²) in [6.45, 7) is 81.2. The third-order valence-corrected chi connectivity index (χ3v) is 17.5. The van der Waals surface area contributed by atoms with Crippen LogP contribution in [0, 0.1) is 0 Å². The SMILES string of the molecule is CC(C)N1CCCCC1.CC(C)N1CCOCC1.CCCN1CCN(CC)CC1.CCCN1CCN(CCC)CC1.CCCN1CCOCC1.CCN1CCN(C(C)C)CC1.CCN1CCN(C)CC1.CCN1CCN(CC)CC1. The van der Waals surface area contributed by atoms with Crippen LogP contribution in [0.3, 0.4) is 0 Å². The van der Waals surface area contributed by atoms with E-state index in [1.165, 1.54) is 248 Å². The summed E-state index contributed by atoms with van der Waals surface area (Å²) in [7, 11) is 2.19. The van der Waals surface area contributed by atoms with Gasteiger partial charge in [-0.05, 0) is 159 Å². The molecule has 0 aromatic heterocycles. The highest BCUT2D eigenvalue weighted by molar-refractivity contribution is 4.75. The second kappa shape index (κ2) is 51.6. The lowest BCUT2D eigenvalue weighted by Gasteiger charge is -2.36. The first-order valence-corrected chi connectivity index (χ1v) is 34.3. The van der Waals surface area contributed by atoms with E-state index in [1.54, 1.807) is 0 Å². The molecule has 0 aromatic rings. The monoisotopic (exact) mass is 1140 g/mol. The van der Waals surface area contributed by atoms with E-state index in [0.717, 1.165) is 64.7 Å². The summed E-state index contributed by atoms with van der Waals surface area (Å²) in [5.41, 5.74) is 0. The molecule has 8 saturated heterocycles. The lowest BCUT2D eigenvalue weighted by molar-refractivity contribution is 0.0238. The molecule has 8 aliphatic rings. The van der Waals surface area contributed by atoms with Crippen LogP contribution in [-0.4, -0.2) is 344 Å². The number of piperazine rings is 5. The second-order valence-corrected chi connectivity index (χ2v) is 24.5. The number of likely N-dealkylation sites (tertiary alicyclic amines) is 1. The van der Waals surface area contributed by atoms with Gasteiger partial charge in [-0.15, -0.1) is 0 Å². The standard InChI is InChI=1S/C10H22N2.2C9H20N2.C8H18N2.C8H17N.C7H16N2.2C7H15NO/c1-3-5-11-7-9-12(6-4-2)10-8-11;1-4-10-5-7-11(8-6-10)9(2)3;1-3-5-11-8-6-10(4-2)7-9-11;1-3-9-5-7-10(4-2)8-6-9;1-8(2)9-6-4-3-5-7-9;1-3-9-6-4-8(2)5-7-9;1-7(2)8-3-5-9-6-4-8;1-2-3-8-4-6-9-7-5-8/h3-10H2,1-2H3;9H,4-8H2,1-3H3;3-9H2,1-2H3;3-8H2,1-2H3;8H,3-7H2,1-2H3;3-7H2,1-2H3;7H,3-6H2,1-2H3;2-7H2,1H3. The van der Waals surface area contributed by atoms with Crippen molar-refractivity contribution >= 4 is 0 Å². The Kier molecular flexibility index (Phi) is 49.9. The van der Waals surface area contributed by atoms with Gasteiger partial charge in [-0.1, -0.05) is 68.7 Å². The lowest BCUT2D eigenvalue weighted by Crippen LogP contribution is -2.48. The molecule has 0 bridgehead atoms. The zero-order chi connectivity index (χ0) is 59.2. The number of rotatable bonds is 16. The van der Waals surface area contributed by atoms with Gasteiger partial charge < -0.3 is 58.5 Å². The molecule has 0 aromatic carbocycles. The fraction of sp³-hybridized carbons (Fsp3) is 1.00. The number of likely N-dealkylation sites (N-methyl/N-ethyl adjacent to an activating group) is 6. The summed E-state index contributed by atoms with van der Waals surface area (Å²) < 4.78 is 10.4. The maximum atomic E-state index is 5.21. The number of morpholine rings is 2. The molecular weight excluding hydrogens is 995 g/mol. The van der Waals surface area contributed by atoms with Gasteiger partial charge in [-0.3, -0.25) is 14.7 Å². The fourth-order valence-electron chi connectivity index (χ4n) is 11.4. The van der Waals surface area contributed by atoms with Gasteiger partial charge in [0.1, 0.15) is 0 Å². The lowest BCUT2D eigenvalue weighted by atomic mass is 10.1. The minimum atomic E-state index is 0.689. The van der Waals surface area contributed by atoms with Crippen molar-refractivity contribution < 1.29 is 9.47 Å². The summed E-state index contributed by atoms with van der Waals surface area (Å²) in [4.78, 5) is 32.6. The molecule has 0 N–H and O–H groups in total. The zero-order valence-electron chi connectivity index (χ0n) is 56.9. The van der Waals surface area contributed by atoms with E-state index in [2.05, 4.69) is 175 Å². The summed E-state index contributed by atoms with van der Waals surface area (Å²) in [5, 5.41) is 0. The van der Waals surface area contributed by atoms with Crippen molar-refractivity contribution in [3.05, 3.63) is 0 Å². The van der Waals surface area contributed by atoms with Crippen LogP contribution in [-0.2, 0) is 9.47 Å². The second-order valence-electron chi connectivity index (χ2n) is 24.5. The average Bonchev–Trinajstić information content (AvgIpc) is 3.50. The molecule has 80 heavy (non-hydrogen) atoms. The van der Waals surface area contributed by atoms with E-state index < -0.39 is 0 Å². The van der Waals surface area contributed by atoms with E-state index >= 15 is 0 Å². The van der Waals surface area contributed by atoms with E-state index in [-0.39, 0.29) is 0 Å². The largest absolute Gasteiger partial charge is 0.379 e. The van der Waals surface area contributed by atoms with Crippen LogP contribution in [0.4, 0.5) is 0 Å². The molecule has 0 spiro atoms. The van der Waals surface area contributed by atoms with Gasteiger partial charge in [-0.2, -0.15) is 0 Å². The van der Waals surface area contributed by atoms with Crippen LogP contribution in [0.25, 0.3) is 0 Å². The normalized spacial score (nSPS) is 22.8. The van der Waals surface area contributed by atoms with Crippen LogP contribution < -0.4 is 0 Å². The van der Waals surface area contributed by atoms with Crippen LogP contribution in [0.15, 0.2) is 0 Å². The third kappa shape index (κ3) is 39.2. The summed E-state index contributed by atoms with van der Waals surface area (Å²) in [6, 6.07) is 2.19. The van der Waals surface area contributed by atoms with Crippen LogP contribution >= 0.6 is 0 Å². The molecular formula is C65H143N13O2. The first-order chi connectivity index (χ1) is 38.7. The Morgan fingerprint density at radius 1 is 0.250 bits per heavy atom. The Hall–Kier alpha value is -0.600. The Bertz CT molecular complexity index is 1210. The predicted molar refractivity (Wildman–Crippen MR) is 351 cm³/mol. The predicted octanol–water partition coefficient (Wildman–Crippen LogP) is 7.72. The molecule has 0 unspecified atom stereocenters.